The van der Waals surface area contributed by atoms with E-state index in [-0.39, 0.29) is 5.75 Å². The molecule has 3 heteroatoms. The third kappa shape index (κ3) is 5.73. The Morgan fingerprint density at radius 2 is 1.38 bits per heavy atom. The molecule has 0 unspecified atom stereocenters. The minimum atomic E-state index is -0.824. The lowest BCUT2D eigenvalue weighted by Gasteiger charge is -2.38. The summed E-state index contributed by atoms with van der Waals surface area (Å²) in [6, 6.07) is 1.66. The summed E-state index contributed by atoms with van der Waals surface area (Å²) in [7, 11) is 0. The second-order valence-corrected chi connectivity index (χ2v) is 9.62. The molecule has 1 aromatic carbocycles. The Morgan fingerprint density at radius 1 is 0.828 bits per heavy atom. The van der Waals surface area contributed by atoms with Crippen LogP contribution in [0.25, 0.3) is 0 Å². The molecule has 2 aliphatic rings. The van der Waals surface area contributed by atoms with Gasteiger partial charge in [-0.1, -0.05) is 45.4 Å². The summed E-state index contributed by atoms with van der Waals surface area (Å²) in [5.41, 5.74) is 1.35. The van der Waals surface area contributed by atoms with E-state index >= 15 is 0 Å². The van der Waals surface area contributed by atoms with E-state index < -0.39 is 11.6 Å². The van der Waals surface area contributed by atoms with E-state index in [1.54, 1.807) is 13.0 Å². The first-order chi connectivity index (χ1) is 14.0. The van der Waals surface area contributed by atoms with Crippen LogP contribution >= 0.6 is 0 Å². The maximum atomic E-state index is 14.5. The molecule has 0 amide bonds. The molecule has 0 saturated heterocycles. The molecule has 0 N–H and O–H groups in total. The van der Waals surface area contributed by atoms with Gasteiger partial charge in [0.15, 0.2) is 11.6 Å². The van der Waals surface area contributed by atoms with E-state index in [2.05, 4.69) is 6.92 Å². The van der Waals surface area contributed by atoms with Gasteiger partial charge in [-0.3, -0.25) is 0 Å². The van der Waals surface area contributed by atoms with E-state index in [1.165, 1.54) is 64.2 Å². The van der Waals surface area contributed by atoms with Crippen molar-refractivity contribution in [2.75, 3.05) is 6.61 Å². The number of halogens is 2. The lowest BCUT2D eigenvalue weighted by Crippen LogP contribution is -2.26. The van der Waals surface area contributed by atoms with Crippen LogP contribution in [0.5, 0.6) is 5.75 Å². The highest BCUT2D eigenvalue weighted by atomic mass is 19.2. The van der Waals surface area contributed by atoms with Crippen molar-refractivity contribution in [3.05, 3.63) is 28.8 Å². The molecule has 0 aliphatic heterocycles. The third-order valence-corrected chi connectivity index (χ3v) is 7.75. The topological polar surface area (TPSA) is 9.23 Å². The quantitative estimate of drug-likeness (QED) is 0.425. The van der Waals surface area contributed by atoms with E-state index in [1.807, 2.05) is 6.92 Å². The van der Waals surface area contributed by atoms with Crippen molar-refractivity contribution >= 4 is 0 Å². The smallest absolute Gasteiger partial charge is 0.200 e. The molecule has 0 radical (unpaired) electrons. The van der Waals surface area contributed by atoms with Crippen LogP contribution in [0.2, 0.25) is 0 Å². The van der Waals surface area contributed by atoms with Gasteiger partial charge >= 0.3 is 0 Å². The Balaban J connectivity index is 1.46. The van der Waals surface area contributed by atoms with Crippen LogP contribution in [0.1, 0.15) is 95.6 Å². The summed E-state index contributed by atoms with van der Waals surface area (Å²) in [6.45, 7) is 6.31. The highest BCUT2D eigenvalue weighted by Crippen LogP contribution is 2.43. The van der Waals surface area contributed by atoms with Crippen molar-refractivity contribution in [2.45, 2.75) is 97.8 Å². The molecule has 2 aliphatic carbocycles. The van der Waals surface area contributed by atoms with Crippen LogP contribution in [0.15, 0.2) is 6.07 Å². The number of hydrogen-bond acceptors (Lipinski definition) is 1. The first-order valence-electron chi connectivity index (χ1n) is 12.1. The molecule has 0 atom stereocenters. The maximum Gasteiger partial charge on any atom is 0.200 e. The SMILES string of the molecule is CCCC1CCC(C2CCC(CCc3c(C)cc(OCC)c(F)c3F)CC2)CC1. The lowest BCUT2D eigenvalue weighted by atomic mass is 9.68. The Labute approximate surface area is 176 Å². The van der Waals surface area contributed by atoms with Crippen LogP contribution in [0.3, 0.4) is 0 Å². The minimum Gasteiger partial charge on any atom is -0.491 e. The molecule has 2 fully saturated rings. The largest absolute Gasteiger partial charge is 0.491 e. The standard InChI is InChI=1S/C26H40F2O/c1-4-6-19-7-12-21(13-8-19)22-14-9-20(10-15-22)11-16-23-18(3)17-24(29-5-2)26(28)25(23)27/h17,19-22H,4-16H2,1-3H3. The van der Waals surface area contributed by atoms with Gasteiger partial charge in [-0.25, -0.2) is 4.39 Å². The van der Waals surface area contributed by atoms with E-state index in [0.717, 1.165) is 29.7 Å². The molecule has 2 saturated carbocycles. The van der Waals surface area contributed by atoms with Crippen molar-refractivity contribution in [1.29, 1.82) is 0 Å². The Hall–Kier alpha value is -1.12. The summed E-state index contributed by atoms with van der Waals surface area (Å²) in [6.07, 6.45) is 15.3. The number of rotatable bonds is 8. The maximum absolute atomic E-state index is 14.5. The molecule has 1 nitrogen and oxygen atoms in total. The molecule has 164 valence electrons. The summed E-state index contributed by atoms with van der Waals surface area (Å²) in [5, 5.41) is 0. The number of benzene rings is 1. The number of aryl methyl sites for hydroxylation is 1. The van der Waals surface area contributed by atoms with E-state index in [0.29, 0.717) is 24.5 Å². The highest BCUT2D eigenvalue weighted by Gasteiger charge is 2.30. The average Bonchev–Trinajstić information content (AvgIpc) is 2.73. The third-order valence-electron chi connectivity index (χ3n) is 7.75. The van der Waals surface area contributed by atoms with Gasteiger partial charge < -0.3 is 4.74 Å². The van der Waals surface area contributed by atoms with Gasteiger partial charge in [-0.05, 0) is 93.2 Å². The fourth-order valence-corrected chi connectivity index (χ4v) is 5.98. The van der Waals surface area contributed by atoms with Gasteiger partial charge in [0.2, 0.25) is 5.82 Å². The van der Waals surface area contributed by atoms with Gasteiger partial charge in [0.25, 0.3) is 0 Å². The zero-order chi connectivity index (χ0) is 20.8. The minimum absolute atomic E-state index is 0.0421. The lowest BCUT2D eigenvalue weighted by molar-refractivity contribution is 0.141. The van der Waals surface area contributed by atoms with Crippen molar-refractivity contribution in [3.63, 3.8) is 0 Å². The Bertz CT molecular complexity index is 641. The predicted octanol–water partition coefficient (Wildman–Crippen LogP) is 8.02. The zero-order valence-electron chi connectivity index (χ0n) is 18.7. The second kappa shape index (κ2) is 10.8. The normalized spacial score (nSPS) is 27.8. The number of ether oxygens (including phenoxy) is 1. The fourth-order valence-electron chi connectivity index (χ4n) is 5.98. The molecule has 0 heterocycles. The molecule has 3 rings (SSSR count). The van der Waals surface area contributed by atoms with Crippen LogP contribution in [-0.4, -0.2) is 6.61 Å². The second-order valence-electron chi connectivity index (χ2n) is 9.62. The van der Waals surface area contributed by atoms with Crippen LogP contribution in [0.4, 0.5) is 8.78 Å². The zero-order valence-corrected chi connectivity index (χ0v) is 18.7. The average molecular weight is 407 g/mol. The van der Waals surface area contributed by atoms with Gasteiger partial charge in [-0.15, -0.1) is 0 Å². The Morgan fingerprint density at radius 3 is 1.90 bits per heavy atom. The molecule has 0 bridgehead atoms. The first kappa shape index (κ1) is 22.6. The van der Waals surface area contributed by atoms with Crippen molar-refractivity contribution in [3.8, 4) is 5.75 Å². The van der Waals surface area contributed by atoms with Gasteiger partial charge in [0, 0.05) is 0 Å². The number of hydrogen-bond donors (Lipinski definition) is 0. The van der Waals surface area contributed by atoms with Crippen LogP contribution in [0, 0.1) is 42.2 Å². The van der Waals surface area contributed by atoms with Gasteiger partial charge in [0.05, 0.1) is 6.61 Å². The molecule has 1 aromatic rings. The van der Waals surface area contributed by atoms with Crippen molar-refractivity contribution in [2.24, 2.45) is 23.7 Å². The monoisotopic (exact) mass is 406 g/mol. The molecular weight excluding hydrogens is 366 g/mol. The highest BCUT2D eigenvalue weighted by molar-refractivity contribution is 5.38. The fraction of sp³-hybridized carbons (Fsp3) is 0.769. The first-order valence-corrected chi connectivity index (χ1v) is 12.1. The van der Waals surface area contributed by atoms with E-state index in [4.69, 9.17) is 4.74 Å². The van der Waals surface area contributed by atoms with Crippen LogP contribution in [-0.2, 0) is 6.42 Å². The van der Waals surface area contributed by atoms with Gasteiger partial charge in [0.1, 0.15) is 0 Å². The van der Waals surface area contributed by atoms with Crippen LogP contribution < -0.4 is 4.74 Å². The molecule has 0 spiro atoms. The molecule has 29 heavy (non-hydrogen) atoms. The summed E-state index contributed by atoms with van der Waals surface area (Å²) >= 11 is 0. The van der Waals surface area contributed by atoms with E-state index in [9.17, 15) is 8.78 Å². The summed E-state index contributed by atoms with van der Waals surface area (Å²) < 4.78 is 34.0. The predicted molar refractivity (Wildman–Crippen MR) is 116 cm³/mol. The van der Waals surface area contributed by atoms with Gasteiger partial charge in [-0.2, -0.15) is 4.39 Å². The summed E-state index contributed by atoms with van der Waals surface area (Å²) in [5.74, 6) is 2.02. The van der Waals surface area contributed by atoms with Crippen molar-refractivity contribution in [1.82, 2.24) is 0 Å². The summed E-state index contributed by atoms with van der Waals surface area (Å²) in [4.78, 5) is 0. The molecule has 0 aromatic heterocycles. The van der Waals surface area contributed by atoms with Crippen molar-refractivity contribution < 1.29 is 13.5 Å². The molecular formula is C26H40F2O. The Kier molecular flexibility index (Phi) is 8.38.